The van der Waals surface area contributed by atoms with Crippen LogP contribution < -0.4 is 5.32 Å². The van der Waals surface area contributed by atoms with E-state index < -0.39 is 23.6 Å². The van der Waals surface area contributed by atoms with E-state index in [2.05, 4.69) is 0 Å². The number of carboxylic acids is 1. The van der Waals surface area contributed by atoms with Gasteiger partial charge in [0.25, 0.3) is 5.91 Å². The summed E-state index contributed by atoms with van der Waals surface area (Å²) < 4.78 is 38.1. The summed E-state index contributed by atoms with van der Waals surface area (Å²) in [6.45, 7) is 0.358. The topological polar surface area (TPSA) is 90.2 Å². The molecule has 2 N–H and O–H groups in total. The summed E-state index contributed by atoms with van der Waals surface area (Å²) in [5.41, 5.74) is -3.35. The minimum atomic E-state index is -5.15. The lowest BCUT2D eigenvalue weighted by molar-refractivity contribution is -0.203. The molecule has 1 aromatic rings. The highest BCUT2D eigenvalue weighted by Crippen LogP contribution is 2.30. The molecular weight excluding hydrogens is 277 g/mol. The number of nitrogens with one attached hydrogen (secondary N) is 1. The number of amides is 1. The lowest BCUT2D eigenvalue weighted by atomic mass is 10.0. The number of rotatable bonds is 3. The molecule has 1 amide bonds. The molecule has 0 spiro atoms. The molecule has 8 heteroatoms. The first-order chi connectivity index (χ1) is 9.11. The largest absolute Gasteiger partial charge is 0.479 e. The van der Waals surface area contributed by atoms with Gasteiger partial charge in [0.05, 0.1) is 11.6 Å². The van der Waals surface area contributed by atoms with Crippen LogP contribution in [0.1, 0.15) is 22.8 Å². The van der Waals surface area contributed by atoms with E-state index >= 15 is 0 Å². The van der Waals surface area contributed by atoms with E-state index in [1.54, 1.807) is 6.07 Å². The number of halogens is 3. The third kappa shape index (κ3) is 2.88. The quantitative estimate of drug-likeness (QED) is 0.884. The van der Waals surface area contributed by atoms with Crippen LogP contribution in [0.3, 0.4) is 0 Å². The van der Waals surface area contributed by atoms with E-state index in [0.717, 1.165) is 12.1 Å². The molecule has 1 unspecified atom stereocenters. The van der Waals surface area contributed by atoms with Crippen molar-refractivity contribution >= 4 is 11.9 Å². The number of carbonyl (C=O) groups excluding carboxylic acids is 1. The summed E-state index contributed by atoms with van der Waals surface area (Å²) >= 11 is 0. The highest BCUT2D eigenvalue weighted by molar-refractivity contribution is 5.98. The number of aliphatic carboxylic acids is 1. The van der Waals surface area contributed by atoms with Crippen molar-refractivity contribution in [2.24, 2.45) is 0 Å². The summed E-state index contributed by atoms with van der Waals surface area (Å²) in [7, 11) is 0. The van der Waals surface area contributed by atoms with Gasteiger partial charge in [0.1, 0.15) is 0 Å². The van der Waals surface area contributed by atoms with Crippen LogP contribution in [0.5, 0.6) is 0 Å². The molecular formula is C12H9F3N2O3. The summed E-state index contributed by atoms with van der Waals surface area (Å²) in [5, 5.41) is 18.7. The zero-order valence-corrected chi connectivity index (χ0v) is 10.2. The molecule has 5 nitrogen and oxygen atoms in total. The Balaban J connectivity index is 3.03. The van der Waals surface area contributed by atoms with E-state index in [-0.39, 0.29) is 11.1 Å². The van der Waals surface area contributed by atoms with Crippen LogP contribution in [0, 0.1) is 11.3 Å². The maximum absolute atomic E-state index is 12.7. The molecule has 0 aliphatic heterocycles. The second-order valence-electron chi connectivity index (χ2n) is 4.07. The molecule has 0 heterocycles. The molecule has 0 aliphatic carbocycles. The maximum atomic E-state index is 12.7. The van der Waals surface area contributed by atoms with Crippen molar-refractivity contribution < 1.29 is 27.9 Å². The third-order valence-electron chi connectivity index (χ3n) is 2.63. The van der Waals surface area contributed by atoms with E-state index in [1.807, 2.05) is 0 Å². The van der Waals surface area contributed by atoms with Crippen molar-refractivity contribution in [3.05, 3.63) is 35.4 Å². The standard InChI is InChI=1S/C12H9F3N2O3/c1-11(10(19)20,12(13,14)15)17-9(18)8-4-2-7(6-16)3-5-8/h2-5H,1H3,(H,17,18)(H,19,20). The van der Waals surface area contributed by atoms with Crippen LogP contribution in [0.4, 0.5) is 13.2 Å². The van der Waals surface area contributed by atoms with Crippen LogP contribution in [-0.2, 0) is 4.79 Å². The Morgan fingerprint density at radius 3 is 2.10 bits per heavy atom. The molecule has 1 rings (SSSR count). The second-order valence-corrected chi connectivity index (χ2v) is 4.07. The van der Waals surface area contributed by atoms with Crippen molar-refractivity contribution in [2.75, 3.05) is 0 Å². The molecule has 0 bridgehead atoms. The van der Waals surface area contributed by atoms with Gasteiger partial charge in [-0.3, -0.25) is 4.79 Å². The molecule has 0 saturated carbocycles. The zero-order chi connectivity index (χ0) is 15.6. The fraction of sp³-hybridized carbons (Fsp3) is 0.250. The van der Waals surface area contributed by atoms with Gasteiger partial charge < -0.3 is 10.4 Å². The number of carboxylic acid groups (broad SMARTS) is 1. The molecule has 20 heavy (non-hydrogen) atoms. The number of nitrogens with zero attached hydrogens (tertiary/aromatic N) is 1. The van der Waals surface area contributed by atoms with Crippen LogP contribution in [-0.4, -0.2) is 28.7 Å². The number of nitriles is 1. The normalized spacial score (nSPS) is 13.9. The lowest BCUT2D eigenvalue weighted by Gasteiger charge is -2.28. The number of benzene rings is 1. The summed E-state index contributed by atoms with van der Waals surface area (Å²) in [5.74, 6) is -3.41. The van der Waals surface area contributed by atoms with Crippen molar-refractivity contribution in [3.8, 4) is 6.07 Å². The number of alkyl halides is 3. The fourth-order valence-corrected chi connectivity index (χ4v) is 1.24. The van der Waals surface area contributed by atoms with Crippen molar-refractivity contribution in [3.63, 3.8) is 0 Å². The first-order valence-electron chi connectivity index (χ1n) is 5.24. The Labute approximate surface area is 111 Å². The van der Waals surface area contributed by atoms with Gasteiger partial charge in [0.2, 0.25) is 5.54 Å². The first-order valence-corrected chi connectivity index (χ1v) is 5.24. The molecule has 1 aromatic carbocycles. The lowest BCUT2D eigenvalue weighted by Crippen LogP contribution is -2.61. The highest BCUT2D eigenvalue weighted by Gasteiger charge is 2.58. The van der Waals surface area contributed by atoms with Crippen LogP contribution in [0.25, 0.3) is 0 Å². The molecule has 0 radical (unpaired) electrons. The van der Waals surface area contributed by atoms with Gasteiger partial charge in [-0.2, -0.15) is 18.4 Å². The first kappa shape index (κ1) is 15.5. The fourth-order valence-electron chi connectivity index (χ4n) is 1.24. The van der Waals surface area contributed by atoms with E-state index in [0.29, 0.717) is 6.92 Å². The van der Waals surface area contributed by atoms with E-state index in [1.165, 1.54) is 17.4 Å². The van der Waals surface area contributed by atoms with Gasteiger partial charge in [-0.25, -0.2) is 4.79 Å². The molecule has 0 aliphatic rings. The average Bonchev–Trinajstić information content (AvgIpc) is 2.37. The molecule has 0 fully saturated rings. The monoisotopic (exact) mass is 286 g/mol. The SMILES string of the molecule is CC(NC(=O)c1ccc(C#N)cc1)(C(=O)O)C(F)(F)F. The van der Waals surface area contributed by atoms with Gasteiger partial charge in [-0.1, -0.05) is 0 Å². The van der Waals surface area contributed by atoms with Crippen LogP contribution in [0.15, 0.2) is 24.3 Å². The third-order valence-corrected chi connectivity index (χ3v) is 2.63. The summed E-state index contributed by atoms with van der Waals surface area (Å²) in [6.07, 6.45) is -5.15. The van der Waals surface area contributed by atoms with Gasteiger partial charge >= 0.3 is 12.1 Å². The molecule has 106 valence electrons. The Kier molecular flexibility index (Phi) is 4.03. The van der Waals surface area contributed by atoms with Gasteiger partial charge in [0, 0.05) is 5.56 Å². The van der Waals surface area contributed by atoms with Crippen molar-refractivity contribution in [2.45, 2.75) is 18.6 Å². The number of hydrogen-bond donors (Lipinski definition) is 2. The Morgan fingerprint density at radius 2 is 1.75 bits per heavy atom. The minimum Gasteiger partial charge on any atom is -0.479 e. The Morgan fingerprint density at radius 1 is 1.25 bits per heavy atom. The summed E-state index contributed by atoms with van der Waals surface area (Å²) in [4.78, 5) is 22.4. The molecule has 1 atom stereocenters. The van der Waals surface area contributed by atoms with Crippen molar-refractivity contribution in [1.29, 1.82) is 5.26 Å². The maximum Gasteiger partial charge on any atom is 0.422 e. The predicted octanol–water partition coefficient (Wildman–Crippen LogP) is 1.69. The van der Waals surface area contributed by atoms with E-state index in [4.69, 9.17) is 10.4 Å². The predicted molar refractivity (Wildman–Crippen MR) is 60.7 cm³/mol. The smallest absolute Gasteiger partial charge is 0.422 e. The second kappa shape index (κ2) is 5.21. The van der Waals surface area contributed by atoms with Gasteiger partial charge in [-0.15, -0.1) is 0 Å². The molecule has 0 aromatic heterocycles. The van der Waals surface area contributed by atoms with Gasteiger partial charge in [-0.05, 0) is 31.2 Å². The Hall–Kier alpha value is -2.56. The highest BCUT2D eigenvalue weighted by atomic mass is 19.4. The minimum absolute atomic E-state index is 0.180. The average molecular weight is 286 g/mol. The molecule has 0 saturated heterocycles. The zero-order valence-electron chi connectivity index (χ0n) is 10.2. The number of carbonyl (C=O) groups is 2. The van der Waals surface area contributed by atoms with Gasteiger partial charge in [0.15, 0.2) is 0 Å². The Bertz CT molecular complexity index is 575. The summed E-state index contributed by atoms with van der Waals surface area (Å²) in [6, 6.07) is 6.51. The van der Waals surface area contributed by atoms with Crippen LogP contribution >= 0.6 is 0 Å². The number of hydrogen-bond acceptors (Lipinski definition) is 3. The van der Waals surface area contributed by atoms with Crippen LogP contribution in [0.2, 0.25) is 0 Å². The van der Waals surface area contributed by atoms with E-state index in [9.17, 15) is 22.8 Å². The van der Waals surface area contributed by atoms with Crippen molar-refractivity contribution in [1.82, 2.24) is 5.32 Å².